The molecule has 5 aromatic rings. The van der Waals surface area contributed by atoms with E-state index < -0.39 is 48.3 Å². The zero-order chi connectivity index (χ0) is 34.8. The van der Waals surface area contributed by atoms with Crippen molar-refractivity contribution in [3.63, 3.8) is 0 Å². The van der Waals surface area contributed by atoms with Crippen LogP contribution in [0.4, 0.5) is 37.7 Å². The maximum absolute atomic E-state index is 16.1. The smallest absolute Gasteiger partial charge is 0.386 e. The molecule has 6 rings (SSSR count). The van der Waals surface area contributed by atoms with E-state index in [-0.39, 0.29) is 11.3 Å². The van der Waals surface area contributed by atoms with E-state index in [0.717, 1.165) is 46.1 Å². The van der Waals surface area contributed by atoms with E-state index in [1.165, 1.54) is 36.7 Å². The van der Waals surface area contributed by atoms with Gasteiger partial charge in [-0.25, -0.2) is 9.07 Å². The van der Waals surface area contributed by atoms with E-state index in [1.54, 1.807) is 6.07 Å². The summed E-state index contributed by atoms with van der Waals surface area (Å²) in [5.41, 5.74) is -1.12. The quantitative estimate of drug-likeness (QED) is 0.190. The van der Waals surface area contributed by atoms with Crippen molar-refractivity contribution in [2.24, 2.45) is 0 Å². The van der Waals surface area contributed by atoms with Crippen LogP contribution in [0.15, 0.2) is 91.5 Å². The fourth-order valence-corrected chi connectivity index (χ4v) is 5.76. The van der Waals surface area contributed by atoms with Crippen molar-refractivity contribution in [2.45, 2.75) is 36.8 Å². The van der Waals surface area contributed by atoms with Gasteiger partial charge in [-0.15, -0.1) is 5.10 Å². The summed E-state index contributed by atoms with van der Waals surface area (Å²) in [5, 5.41) is 31.7. The number of rotatable bonds is 10. The molecule has 3 aromatic heterocycles. The molecule has 256 valence electrons. The van der Waals surface area contributed by atoms with Gasteiger partial charge in [0.2, 0.25) is 0 Å². The number of aliphatic hydroxyl groups excluding tert-OH is 1. The molecular weight excluding hydrogens is 654 g/mol. The number of tetrazole rings is 1. The lowest BCUT2D eigenvalue weighted by molar-refractivity contribution is -0.206. The van der Waals surface area contributed by atoms with Gasteiger partial charge in [0.15, 0.2) is 5.60 Å². The monoisotopic (exact) mass is 684 g/mol. The van der Waals surface area contributed by atoms with Gasteiger partial charge < -0.3 is 20.0 Å². The first-order chi connectivity index (χ1) is 23.3. The number of benzene rings is 2. The minimum Gasteiger partial charge on any atom is -0.386 e. The van der Waals surface area contributed by atoms with Crippen LogP contribution in [-0.2, 0) is 18.1 Å². The van der Waals surface area contributed by atoms with Gasteiger partial charge in [0.25, 0.3) is 0 Å². The fraction of sp³-hybridized carbons (Fsp3) is 0.303. The molecule has 10 nitrogen and oxygen atoms in total. The second-order valence-electron chi connectivity index (χ2n) is 11.7. The van der Waals surface area contributed by atoms with Crippen LogP contribution in [0.3, 0.4) is 0 Å². The highest BCUT2D eigenvalue weighted by atomic mass is 19.4. The largest absolute Gasteiger partial charge is 0.391 e. The molecule has 1 aliphatic heterocycles. The van der Waals surface area contributed by atoms with Gasteiger partial charge in [-0.2, -0.15) is 22.0 Å². The van der Waals surface area contributed by atoms with Gasteiger partial charge in [0.05, 0.1) is 30.5 Å². The maximum Gasteiger partial charge on any atom is 0.391 e. The van der Waals surface area contributed by atoms with Crippen LogP contribution in [0.5, 0.6) is 0 Å². The molecule has 0 aliphatic carbocycles. The molecule has 49 heavy (non-hydrogen) atoms. The van der Waals surface area contributed by atoms with Gasteiger partial charge in [-0.05, 0) is 64.0 Å². The average molecular weight is 685 g/mol. The van der Waals surface area contributed by atoms with Crippen LogP contribution in [-0.4, -0.2) is 72.7 Å². The number of aromatic nitrogens is 6. The highest BCUT2D eigenvalue weighted by Crippen LogP contribution is 2.46. The van der Waals surface area contributed by atoms with E-state index in [0.29, 0.717) is 31.7 Å². The zero-order valence-corrected chi connectivity index (χ0v) is 25.7. The molecule has 2 aromatic carbocycles. The van der Waals surface area contributed by atoms with Crippen LogP contribution in [0.1, 0.15) is 29.5 Å². The van der Waals surface area contributed by atoms with E-state index in [9.17, 15) is 27.8 Å². The molecule has 1 unspecified atom stereocenters. The summed E-state index contributed by atoms with van der Waals surface area (Å²) < 4.78 is 84.9. The molecule has 0 saturated carbocycles. The van der Waals surface area contributed by atoms with Gasteiger partial charge >= 0.3 is 12.1 Å². The van der Waals surface area contributed by atoms with Gasteiger partial charge in [0.1, 0.15) is 23.9 Å². The number of anilines is 2. The van der Waals surface area contributed by atoms with Crippen LogP contribution < -0.4 is 9.80 Å². The summed E-state index contributed by atoms with van der Waals surface area (Å²) in [6.07, 6.45) is -3.76. The molecule has 0 bridgehead atoms. The molecule has 0 spiro atoms. The Bertz CT molecular complexity index is 1830. The predicted molar refractivity (Wildman–Crippen MR) is 166 cm³/mol. The Balaban J connectivity index is 1.11. The van der Waals surface area contributed by atoms with Crippen molar-refractivity contribution in [1.29, 1.82) is 0 Å². The first-order valence-corrected chi connectivity index (χ1v) is 15.2. The summed E-state index contributed by atoms with van der Waals surface area (Å²) in [6, 6.07) is 17.5. The summed E-state index contributed by atoms with van der Waals surface area (Å²) in [7, 11) is 0. The summed E-state index contributed by atoms with van der Waals surface area (Å²) in [5.74, 6) is -4.78. The number of pyridine rings is 2. The summed E-state index contributed by atoms with van der Waals surface area (Å²) in [4.78, 5) is 12.2. The predicted octanol–water partition coefficient (Wildman–Crippen LogP) is 5.26. The number of hydrogen-bond donors (Lipinski definition) is 2. The lowest BCUT2D eigenvalue weighted by Gasteiger charge is -2.37. The van der Waals surface area contributed by atoms with Crippen molar-refractivity contribution >= 4 is 11.4 Å². The first-order valence-electron chi connectivity index (χ1n) is 15.2. The standard InChI is InChI=1S/C33H30F6N8O2/c34-25-3-1-2-24(16-25)31(49,20-47-21-42-43-44-47)33(38,39)30-11-6-23(18-41-30)22-4-7-26(8-5-22)45-12-14-46(15-13-45)27-9-10-28(40-19-27)29(48)17-32(35,36)37/h1-11,16,18-19,21,29,48-49H,12-15,17,20H2/t29?,31-/m0/s1. The van der Waals surface area contributed by atoms with Crippen molar-refractivity contribution in [2.75, 3.05) is 36.0 Å². The Morgan fingerprint density at radius 2 is 1.45 bits per heavy atom. The molecule has 4 heterocycles. The van der Waals surface area contributed by atoms with E-state index >= 15 is 8.78 Å². The molecule has 2 N–H and O–H groups in total. The average Bonchev–Trinajstić information content (AvgIpc) is 3.61. The Morgan fingerprint density at radius 3 is 2.02 bits per heavy atom. The third-order valence-corrected chi connectivity index (χ3v) is 8.44. The third-order valence-electron chi connectivity index (χ3n) is 8.44. The molecule has 0 amide bonds. The molecule has 16 heteroatoms. The Hall–Kier alpha value is -5.09. The van der Waals surface area contributed by atoms with Crippen LogP contribution >= 0.6 is 0 Å². The van der Waals surface area contributed by atoms with Crippen LogP contribution in [0.25, 0.3) is 11.1 Å². The van der Waals surface area contributed by atoms with Crippen molar-refractivity contribution < 1.29 is 36.6 Å². The fourth-order valence-electron chi connectivity index (χ4n) is 5.76. The minimum atomic E-state index is -4.49. The number of nitrogens with zero attached hydrogens (tertiary/aromatic N) is 8. The lowest BCUT2D eigenvalue weighted by Crippen LogP contribution is -2.47. The molecule has 1 fully saturated rings. The first kappa shape index (κ1) is 33.8. The van der Waals surface area contributed by atoms with Crippen LogP contribution in [0, 0.1) is 5.82 Å². The van der Waals surface area contributed by atoms with Crippen molar-refractivity contribution in [3.05, 3.63) is 114 Å². The van der Waals surface area contributed by atoms with Crippen molar-refractivity contribution in [3.8, 4) is 11.1 Å². The van der Waals surface area contributed by atoms with E-state index in [4.69, 9.17) is 0 Å². The topological polar surface area (TPSA) is 116 Å². The maximum atomic E-state index is 16.1. The normalized spacial score (nSPS) is 16.0. The van der Waals surface area contributed by atoms with Gasteiger partial charge in [-0.3, -0.25) is 9.97 Å². The van der Waals surface area contributed by atoms with Gasteiger partial charge in [-0.1, -0.05) is 30.3 Å². The SMILES string of the molecule is OC(CC(F)(F)F)c1ccc(N2CCN(c3ccc(-c4ccc(C(F)(F)[C@](O)(Cn5cnnn5)c5cccc(F)c5)nc4)cc3)CC2)cn1. The molecule has 2 atom stereocenters. The van der Waals surface area contributed by atoms with E-state index in [2.05, 4.69) is 35.3 Å². The third kappa shape index (κ3) is 7.34. The number of piperazine rings is 1. The zero-order valence-electron chi connectivity index (χ0n) is 25.7. The second kappa shape index (κ2) is 13.4. The summed E-state index contributed by atoms with van der Waals surface area (Å²) >= 11 is 0. The Kier molecular flexibility index (Phi) is 9.26. The highest BCUT2D eigenvalue weighted by Gasteiger charge is 2.57. The number of hydrogen-bond acceptors (Lipinski definition) is 9. The lowest BCUT2D eigenvalue weighted by atomic mass is 9.85. The second-order valence-corrected chi connectivity index (χ2v) is 11.7. The van der Waals surface area contributed by atoms with E-state index in [1.807, 2.05) is 24.3 Å². The number of halogens is 6. The van der Waals surface area contributed by atoms with Crippen LogP contribution in [0.2, 0.25) is 0 Å². The molecular formula is C33H30F6N8O2. The summed E-state index contributed by atoms with van der Waals surface area (Å²) in [6.45, 7) is 1.80. The number of aliphatic hydroxyl groups is 2. The molecule has 0 radical (unpaired) electrons. The molecule has 1 aliphatic rings. The Labute approximate surface area is 276 Å². The Morgan fingerprint density at radius 1 is 0.776 bits per heavy atom. The van der Waals surface area contributed by atoms with Crippen molar-refractivity contribution in [1.82, 2.24) is 30.2 Å². The minimum absolute atomic E-state index is 0.0374. The molecule has 1 saturated heterocycles. The van der Waals surface area contributed by atoms with Gasteiger partial charge in [0, 0.05) is 43.6 Å². The number of alkyl halides is 5. The highest BCUT2D eigenvalue weighted by molar-refractivity contribution is 5.66.